The van der Waals surface area contributed by atoms with Gasteiger partial charge in [-0.1, -0.05) is 0 Å². The molecule has 128 valence electrons. The Balaban J connectivity index is 4.44. The fraction of sp³-hybridized carbons (Fsp3) is 0.667. The van der Waals surface area contributed by atoms with Gasteiger partial charge in [-0.05, 0) is 0 Å². The van der Waals surface area contributed by atoms with E-state index in [4.69, 9.17) is 32.5 Å². The number of nitrogens with two attached hydrogens (primary N) is 3. The van der Waals surface area contributed by atoms with Gasteiger partial charge in [-0.3, -0.25) is 0 Å². The van der Waals surface area contributed by atoms with Gasteiger partial charge in [0.1, 0.15) is 0 Å². The number of carboxylic acids is 3. The molecule has 0 saturated carbocycles. The average Bonchev–Trinajstić information content (AvgIpc) is 2.44. The van der Waals surface area contributed by atoms with Gasteiger partial charge in [0.05, 0.1) is 0 Å². The van der Waals surface area contributed by atoms with Crippen LogP contribution in [0.15, 0.2) is 0 Å². The summed E-state index contributed by atoms with van der Waals surface area (Å²) in [5.74, 6) is -2.87. The van der Waals surface area contributed by atoms with E-state index in [2.05, 4.69) is 0 Å². The van der Waals surface area contributed by atoms with E-state index in [0.717, 1.165) is 0 Å². The Morgan fingerprint density at radius 2 is 0.955 bits per heavy atom. The Kier molecular flexibility index (Phi) is 11.4. The minimum atomic E-state index is -1.88. The molecular formula is C9H18AsN3O6S3. The van der Waals surface area contributed by atoms with E-state index in [1.165, 1.54) is 30.1 Å². The molecule has 0 radical (unpaired) electrons. The molecule has 0 amide bonds. The van der Waals surface area contributed by atoms with Crippen LogP contribution in [0.2, 0.25) is 0 Å². The predicted molar refractivity (Wildman–Crippen MR) is 90.0 cm³/mol. The van der Waals surface area contributed by atoms with Crippen molar-refractivity contribution in [2.45, 2.75) is 18.1 Å². The van der Waals surface area contributed by atoms with Gasteiger partial charge in [-0.15, -0.1) is 0 Å². The molecular weight excluding hydrogens is 417 g/mol. The van der Waals surface area contributed by atoms with Crippen LogP contribution in [-0.4, -0.2) is 79.8 Å². The third-order valence-electron chi connectivity index (χ3n) is 2.03. The van der Waals surface area contributed by atoms with Crippen molar-refractivity contribution < 1.29 is 29.7 Å². The monoisotopic (exact) mass is 435 g/mol. The van der Waals surface area contributed by atoms with Gasteiger partial charge in [0.15, 0.2) is 0 Å². The molecule has 0 bridgehead atoms. The Labute approximate surface area is 141 Å². The summed E-state index contributed by atoms with van der Waals surface area (Å²) >= 11 is -1.88. The van der Waals surface area contributed by atoms with E-state index in [-0.39, 0.29) is 17.3 Å². The van der Waals surface area contributed by atoms with Crippen LogP contribution in [0.3, 0.4) is 0 Å². The van der Waals surface area contributed by atoms with Gasteiger partial charge >= 0.3 is 141 Å². The summed E-state index contributed by atoms with van der Waals surface area (Å²) in [5.41, 5.74) is 16.3. The molecule has 0 spiro atoms. The second kappa shape index (κ2) is 11.4. The van der Waals surface area contributed by atoms with Crippen molar-refractivity contribution in [2.24, 2.45) is 17.2 Å². The standard InChI is InChI=1S/C9H18AsN3O6S3/c11-4(7(14)15)1-20-10(21-2-5(12)8(16)17)22-3-6(13)9(18)19/h4-6H,1-3,11-13H2,(H,14,15)(H,16,17)(H,18,19)/t4-,5-,6-/m0/s1. The first kappa shape index (κ1) is 21.9. The molecule has 0 aromatic heterocycles. The van der Waals surface area contributed by atoms with Crippen molar-refractivity contribution in [3.8, 4) is 0 Å². The Bertz CT molecular complexity index is 348. The first-order valence-electron chi connectivity index (χ1n) is 5.79. The van der Waals surface area contributed by atoms with Gasteiger partial charge in [0.25, 0.3) is 0 Å². The summed E-state index contributed by atoms with van der Waals surface area (Å²) in [4.78, 5) is 32.1. The zero-order valence-corrected chi connectivity index (χ0v) is 15.6. The SMILES string of the molecule is N[C@@H](CS[As](SC[C@H](N)C(=O)O)SC[C@H](N)C(=O)O)C(=O)O. The molecule has 3 atom stereocenters. The van der Waals surface area contributed by atoms with E-state index in [1.54, 1.807) is 0 Å². The van der Waals surface area contributed by atoms with E-state index in [1.807, 2.05) is 0 Å². The predicted octanol–water partition coefficient (Wildman–Crippen LogP) is -1.59. The van der Waals surface area contributed by atoms with Crippen molar-refractivity contribution >= 4 is 59.2 Å². The maximum atomic E-state index is 10.7. The summed E-state index contributed by atoms with van der Waals surface area (Å²) in [5, 5.41) is 26.2. The van der Waals surface area contributed by atoms with Crippen molar-refractivity contribution in [3.05, 3.63) is 0 Å². The van der Waals surface area contributed by atoms with Crippen molar-refractivity contribution in [1.82, 2.24) is 0 Å². The molecule has 0 aliphatic carbocycles. The summed E-state index contributed by atoms with van der Waals surface area (Å²) in [7, 11) is 4.00. The molecule has 0 saturated heterocycles. The minimum absolute atomic E-state index is 0.167. The number of hydrogen-bond donors (Lipinski definition) is 6. The molecule has 9 N–H and O–H groups in total. The van der Waals surface area contributed by atoms with Crippen LogP contribution in [0.25, 0.3) is 0 Å². The summed E-state index contributed by atoms with van der Waals surface area (Å²) in [6.45, 7) is 0. The van der Waals surface area contributed by atoms with Gasteiger partial charge in [-0.2, -0.15) is 0 Å². The normalized spacial score (nSPS) is 15.3. The van der Waals surface area contributed by atoms with Crippen molar-refractivity contribution in [1.29, 1.82) is 0 Å². The fourth-order valence-electron chi connectivity index (χ4n) is 0.749. The number of aliphatic carboxylic acids is 3. The zero-order valence-electron chi connectivity index (χ0n) is 11.3. The van der Waals surface area contributed by atoms with Crippen LogP contribution in [0.1, 0.15) is 0 Å². The topological polar surface area (TPSA) is 190 Å². The summed E-state index contributed by atoms with van der Waals surface area (Å²) in [6.07, 6.45) is 0. The quantitative estimate of drug-likeness (QED) is 0.193. The summed E-state index contributed by atoms with van der Waals surface area (Å²) in [6, 6.07) is -3.07. The van der Waals surface area contributed by atoms with Crippen molar-refractivity contribution in [3.63, 3.8) is 0 Å². The zero-order chi connectivity index (χ0) is 17.3. The molecule has 0 aromatic rings. The molecule has 0 fully saturated rings. The van der Waals surface area contributed by atoms with Crippen LogP contribution >= 0.6 is 30.1 Å². The van der Waals surface area contributed by atoms with Gasteiger partial charge in [0.2, 0.25) is 0 Å². The van der Waals surface area contributed by atoms with E-state index >= 15 is 0 Å². The van der Waals surface area contributed by atoms with Crippen LogP contribution in [0, 0.1) is 0 Å². The molecule has 13 heteroatoms. The first-order valence-corrected chi connectivity index (χ1v) is 15.5. The third kappa shape index (κ3) is 9.82. The molecule has 9 nitrogen and oxygen atoms in total. The van der Waals surface area contributed by atoms with Crippen LogP contribution < -0.4 is 17.2 Å². The third-order valence-corrected chi connectivity index (χ3v) is 20.8. The second-order valence-corrected chi connectivity index (χ2v) is 20.8. The van der Waals surface area contributed by atoms with Crippen LogP contribution in [0.4, 0.5) is 0 Å². The van der Waals surface area contributed by atoms with E-state index in [0.29, 0.717) is 0 Å². The Morgan fingerprint density at radius 1 is 0.727 bits per heavy atom. The number of hydrogen-bond acceptors (Lipinski definition) is 9. The van der Waals surface area contributed by atoms with Crippen molar-refractivity contribution in [2.75, 3.05) is 17.3 Å². The number of carbonyl (C=O) groups is 3. The van der Waals surface area contributed by atoms with Gasteiger partial charge in [0, 0.05) is 0 Å². The molecule has 0 aliphatic rings. The van der Waals surface area contributed by atoms with Crippen LogP contribution in [0.5, 0.6) is 0 Å². The maximum absolute atomic E-state index is 10.7. The first-order chi connectivity index (χ1) is 10.1. The Morgan fingerprint density at radius 3 is 1.14 bits per heavy atom. The average molecular weight is 435 g/mol. The second-order valence-electron chi connectivity index (χ2n) is 3.95. The summed E-state index contributed by atoms with van der Waals surface area (Å²) < 4.78 is 0. The molecule has 22 heavy (non-hydrogen) atoms. The van der Waals surface area contributed by atoms with Gasteiger partial charge < -0.3 is 0 Å². The molecule has 0 aromatic carbocycles. The fourth-order valence-corrected chi connectivity index (χ4v) is 18.2. The van der Waals surface area contributed by atoms with Gasteiger partial charge in [-0.25, -0.2) is 0 Å². The van der Waals surface area contributed by atoms with E-state index < -0.39 is 47.2 Å². The molecule has 0 heterocycles. The molecule has 0 aliphatic heterocycles. The van der Waals surface area contributed by atoms with Crippen LogP contribution in [-0.2, 0) is 14.4 Å². The molecule has 0 rings (SSSR count). The van der Waals surface area contributed by atoms with E-state index in [9.17, 15) is 14.4 Å². The number of carboxylic acid groups (broad SMARTS) is 3. The number of rotatable bonds is 12. The molecule has 0 unspecified atom stereocenters. The Hall–Kier alpha value is -0.102.